The van der Waals surface area contributed by atoms with Gasteiger partial charge in [-0.3, -0.25) is 0 Å². The molecule has 1 aromatic carbocycles. The summed E-state index contributed by atoms with van der Waals surface area (Å²) in [5, 5.41) is 12.6. The van der Waals surface area contributed by atoms with E-state index < -0.39 is 0 Å². The number of benzene rings is 1. The molecule has 0 atom stereocenters. The van der Waals surface area contributed by atoms with E-state index in [9.17, 15) is 5.11 Å². The number of nitrogens with two attached hydrogens (primary N) is 1. The van der Waals surface area contributed by atoms with Crippen molar-refractivity contribution in [1.29, 1.82) is 0 Å². The van der Waals surface area contributed by atoms with Gasteiger partial charge in [-0.25, -0.2) is 0 Å². The molecule has 0 aliphatic heterocycles. The topological polar surface area (TPSA) is 58.6 Å². The molecule has 0 aromatic heterocycles. The summed E-state index contributed by atoms with van der Waals surface area (Å²) in [6.45, 7) is 1.91. The maximum absolute atomic E-state index is 9.28. The largest absolute Gasteiger partial charge is 0.507 e. The van der Waals surface area contributed by atoms with E-state index in [1.165, 1.54) is 6.21 Å². The molecule has 0 aliphatic rings. The second kappa shape index (κ2) is 3.05. The zero-order valence-corrected chi connectivity index (χ0v) is 6.28. The smallest absolute Gasteiger partial charge is 0.124 e. The molecule has 0 spiro atoms. The van der Waals surface area contributed by atoms with E-state index in [4.69, 9.17) is 5.84 Å². The third kappa shape index (κ3) is 1.70. The van der Waals surface area contributed by atoms with E-state index in [0.29, 0.717) is 5.56 Å². The maximum atomic E-state index is 9.28. The van der Waals surface area contributed by atoms with Crippen molar-refractivity contribution in [2.75, 3.05) is 0 Å². The lowest BCUT2D eigenvalue weighted by molar-refractivity contribution is 0.474. The molecule has 0 fully saturated rings. The van der Waals surface area contributed by atoms with E-state index in [1.807, 2.05) is 13.0 Å². The average molecular weight is 150 g/mol. The first-order valence-electron chi connectivity index (χ1n) is 3.27. The predicted octanol–water partition coefficient (Wildman–Crippen LogP) is 0.993. The van der Waals surface area contributed by atoms with Crippen LogP contribution in [-0.4, -0.2) is 11.3 Å². The van der Waals surface area contributed by atoms with Crippen molar-refractivity contribution in [2.45, 2.75) is 6.92 Å². The third-order valence-electron chi connectivity index (χ3n) is 1.40. The van der Waals surface area contributed by atoms with Gasteiger partial charge in [0.2, 0.25) is 0 Å². The monoisotopic (exact) mass is 150 g/mol. The van der Waals surface area contributed by atoms with Crippen molar-refractivity contribution in [3.05, 3.63) is 29.3 Å². The van der Waals surface area contributed by atoms with Crippen LogP contribution in [-0.2, 0) is 0 Å². The molecule has 0 bridgehead atoms. The van der Waals surface area contributed by atoms with Crippen molar-refractivity contribution in [3.63, 3.8) is 0 Å². The predicted molar refractivity (Wildman–Crippen MR) is 44.6 cm³/mol. The minimum absolute atomic E-state index is 0.208. The molecule has 11 heavy (non-hydrogen) atoms. The first-order chi connectivity index (χ1) is 5.24. The van der Waals surface area contributed by atoms with Crippen LogP contribution in [0.15, 0.2) is 23.3 Å². The van der Waals surface area contributed by atoms with Crippen molar-refractivity contribution < 1.29 is 5.11 Å². The molecular weight excluding hydrogens is 140 g/mol. The number of phenolic OH excluding ortho intramolecular Hbond substituents is 1. The van der Waals surface area contributed by atoms with Crippen LogP contribution < -0.4 is 5.84 Å². The average Bonchev–Trinajstić information content (AvgIpc) is 1.95. The lowest BCUT2D eigenvalue weighted by Crippen LogP contribution is -1.87. The lowest BCUT2D eigenvalue weighted by Gasteiger charge is -1.98. The van der Waals surface area contributed by atoms with Gasteiger partial charge >= 0.3 is 0 Å². The highest BCUT2D eigenvalue weighted by Crippen LogP contribution is 2.15. The van der Waals surface area contributed by atoms with Gasteiger partial charge < -0.3 is 10.9 Å². The third-order valence-corrected chi connectivity index (χ3v) is 1.40. The Kier molecular flexibility index (Phi) is 2.11. The van der Waals surface area contributed by atoms with E-state index in [0.717, 1.165) is 5.56 Å². The number of rotatable bonds is 1. The molecule has 0 unspecified atom stereocenters. The fourth-order valence-electron chi connectivity index (χ4n) is 0.843. The fourth-order valence-corrected chi connectivity index (χ4v) is 0.843. The summed E-state index contributed by atoms with van der Waals surface area (Å²) >= 11 is 0. The minimum atomic E-state index is 0.208. The molecule has 1 aromatic rings. The van der Waals surface area contributed by atoms with E-state index in [-0.39, 0.29) is 5.75 Å². The zero-order chi connectivity index (χ0) is 8.27. The Hall–Kier alpha value is -1.51. The molecule has 0 aliphatic carbocycles. The van der Waals surface area contributed by atoms with Crippen molar-refractivity contribution in [2.24, 2.45) is 10.9 Å². The molecular formula is C8H10N2O. The Labute approximate surface area is 65.2 Å². The van der Waals surface area contributed by atoms with Crippen LogP contribution in [0.1, 0.15) is 11.1 Å². The summed E-state index contributed by atoms with van der Waals surface area (Å²) in [5.74, 6) is 5.13. The van der Waals surface area contributed by atoms with Crippen LogP contribution >= 0.6 is 0 Å². The quantitative estimate of drug-likeness (QED) is 0.356. The highest BCUT2D eigenvalue weighted by Gasteiger charge is 1.96. The number of hydrogen-bond donors (Lipinski definition) is 2. The van der Waals surface area contributed by atoms with Crippen molar-refractivity contribution in [1.82, 2.24) is 0 Å². The first-order valence-corrected chi connectivity index (χ1v) is 3.27. The minimum Gasteiger partial charge on any atom is -0.507 e. The number of hydrazone groups is 1. The first kappa shape index (κ1) is 7.60. The second-order valence-corrected chi connectivity index (χ2v) is 2.34. The number of hydrogen-bond acceptors (Lipinski definition) is 3. The second-order valence-electron chi connectivity index (χ2n) is 2.34. The maximum Gasteiger partial charge on any atom is 0.124 e. The Balaban J connectivity index is 3.09. The van der Waals surface area contributed by atoms with E-state index >= 15 is 0 Å². The molecule has 3 nitrogen and oxygen atoms in total. The van der Waals surface area contributed by atoms with Gasteiger partial charge in [0.25, 0.3) is 0 Å². The van der Waals surface area contributed by atoms with Crippen LogP contribution in [0.2, 0.25) is 0 Å². The summed E-state index contributed by atoms with van der Waals surface area (Å²) in [6.07, 6.45) is 1.41. The van der Waals surface area contributed by atoms with Gasteiger partial charge in [-0.2, -0.15) is 5.10 Å². The Morgan fingerprint density at radius 2 is 2.27 bits per heavy atom. The van der Waals surface area contributed by atoms with Crippen molar-refractivity contribution >= 4 is 6.21 Å². The van der Waals surface area contributed by atoms with Gasteiger partial charge in [0.05, 0.1) is 6.21 Å². The molecule has 0 saturated heterocycles. The molecule has 0 amide bonds. The van der Waals surface area contributed by atoms with Crippen LogP contribution in [0, 0.1) is 6.92 Å². The normalized spacial score (nSPS) is 10.6. The summed E-state index contributed by atoms with van der Waals surface area (Å²) in [6, 6.07) is 5.31. The number of nitrogens with zero attached hydrogens (tertiary/aromatic N) is 1. The van der Waals surface area contributed by atoms with Crippen LogP contribution in [0.4, 0.5) is 0 Å². The summed E-state index contributed by atoms with van der Waals surface area (Å²) in [4.78, 5) is 0. The summed E-state index contributed by atoms with van der Waals surface area (Å²) in [7, 11) is 0. The van der Waals surface area contributed by atoms with Crippen molar-refractivity contribution in [3.8, 4) is 5.75 Å². The van der Waals surface area contributed by atoms with Crippen LogP contribution in [0.3, 0.4) is 0 Å². The number of phenols is 1. The van der Waals surface area contributed by atoms with Gasteiger partial charge in [0, 0.05) is 5.56 Å². The Morgan fingerprint density at radius 3 is 2.82 bits per heavy atom. The van der Waals surface area contributed by atoms with E-state index in [1.54, 1.807) is 12.1 Å². The highest BCUT2D eigenvalue weighted by molar-refractivity contribution is 5.83. The molecule has 58 valence electrons. The molecule has 1 rings (SSSR count). The lowest BCUT2D eigenvalue weighted by atomic mass is 10.1. The highest BCUT2D eigenvalue weighted by atomic mass is 16.3. The van der Waals surface area contributed by atoms with Crippen LogP contribution in [0.5, 0.6) is 5.75 Å². The molecule has 0 heterocycles. The Bertz CT molecular complexity index is 281. The Morgan fingerprint density at radius 1 is 1.55 bits per heavy atom. The van der Waals surface area contributed by atoms with Gasteiger partial charge in [0.15, 0.2) is 0 Å². The molecule has 0 radical (unpaired) electrons. The van der Waals surface area contributed by atoms with E-state index in [2.05, 4.69) is 5.10 Å². The number of aryl methyl sites for hydroxylation is 1. The number of aromatic hydroxyl groups is 1. The molecule has 0 saturated carbocycles. The van der Waals surface area contributed by atoms with Gasteiger partial charge in [-0.1, -0.05) is 6.07 Å². The SMILES string of the molecule is Cc1ccc(/C=N/N)c(O)c1. The zero-order valence-electron chi connectivity index (χ0n) is 6.28. The van der Waals surface area contributed by atoms with Gasteiger partial charge in [-0.05, 0) is 24.6 Å². The molecule has 3 heteroatoms. The standard InChI is InChI=1S/C8H10N2O/c1-6-2-3-7(5-10-9)8(11)4-6/h2-5,11H,9H2,1H3/b10-5+. The van der Waals surface area contributed by atoms with Crippen LogP contribution in [0.25, 0.3) is 0 Å². The summed E-state index contributed by atoms with van der Waals surface area (Å²) < 4.78 is 0. The molecule has 3 N–H and O–H groups in total. The summed E-state index contributed by atoms with van der Waals surface area (Å²) in [5.41, 5.74) is 1.65. The fraction of sp³-hybridized carbons (Fsp3) is 0.125. The van der Waals surface area contributed by atoms with Gasteiger partial charge in [0.1, 0.15) is 5.75 Å². The van der Waals surface area contributed by atoms with Gasteiger partial charge in [-0.15, -0.1) is 0 Å².